The lowest BCUT2D eigenvalue weighted by Gasteiger charge is -2.44. The number of ether oxygens (including phenoxy) is 1. The molecule has 2 rings (SSSR count). The van der Waals surface area contributed by atoms with Gasteiger partial charge in [-0.25, -0.2) is 0 Å². The molecule has 0 heterocycles. The van der Waals surface area contributed by atoms with Gasteiger partial charge in [-0.3, -0.25) is 11.3 Å². The summed E-state index contributed by atoms with van der Waals surface area (Å²) in [7, 11) is 1.82. The predicted octanol–water partition coefficient (Wildman–Crippen LogP) is 3.42. The first-order valence-corrected chi connectivity index (χ1v) is 8.15. The SMILES string of the molecule is COC1(C(Cc2ccccc2Br)NN)CCC(C)CC1. The van der Waals surface area contributed by atoms with E-state index in [9.17, 15) is 0 Å². The highest BCUT2D eigenvalue weighted by atomic mass is 79.9. The minimum Gasteiger partial charge on any atom is -0.377 e. The van der Waals surface area contributed by atoms with Gasteiger partial charge in [0.1, 0.15) is 0 Å². The third-order valence-corrected chi connectivity index (χ3v) is 5.52. The van der Waals surface area contributed by atoms with E-state index in [-0.39, 0.29) is 11.6 Å². The van der Waals surface area contributed by atoms with Crippen LogP contribution >= 0.6 is 15.9 Å². The van der Waals surface area contributed by atoms with Crippen LogP contribution in [0.15, 0.2) is 28.7 Å². The van der Waals surface area contributed by atoms with Crippen molar-refractivity contribution in [3.05, 3.63) is 34.3 Å². The molecule has 0 radical (unpaired) electrons. The third-order valence-electron chi connectivity index (χ3n) is 4.75. The molecule has 1 aromatic rings. The maximum atomic E-state index is 5.93. The number of nitrogens with one attached hydrogen (secondary N) is 1. The van der Waals surface area contributed by atoms with Gasteiger partial charge in [0.2, 0.25) is 0 Å². The monoisotopic (exact) mass is 340 g/mol. The van der Waals surface area contributed by atoms with E-state index in [1.54, 1.807) is 0 Å². The quantitative estimate of drug-likeness (QED) is 0.637. The Bertz CT molecular complexity index is 430. The number of hydrogen-bond donors (Lipinski definition) is 2. The fourth-order valence-corrected chi connectivity index (χ4v) is 3.67. The molecule has 0 amide bonds. The summed E-state index contributed by atoms with van der Waals surface area (Å²) in [5, 5.41) is 0. The number of methoxy groups -OCH3 is 1. The first-order valence-electron chi connectivity index (χ1n) is 7.36. The summed E-state index contributed by atoms with van der Waals surface area (Å²) in [5.41, 5.74) is 4.13. The summed E-state index contributed by atoms with van der Waals surface area (Å²) in [4.78, 5) is 0. The molecule has 20 heavy (non-hydrogen) atoms. The van der Waals surface area contributed by atoms with E-state index in [4.69, 9.17) is 10.6 Å². The van der Waals surface area contributed by atoms with Crippen molar-refractivity contribution < 1.29 is 4.74 Å². The number of benzene rings is 1. The average molecular weight is 341 g/mol. The fourth-order valence-electron chi connectivity index (χ4n) is 3.23. The van der Waals surface area contributed by atoms with Gasteiger partial charge in [0, 0.05) is 11.6 Å². The van der Waals surface area contributed by atoms with Crippen molar-refractivity contribution in [3.8, 4) is 0 Å². The molecule has 3 nitrogen and oxygen atoms in total. The third kappa shape index (κ3) is 3.42. The average Bonchev–Trinajstić information content (AvgIpc) is 2.48. The van der Waals surface area contributed by atoms with E-state index in [1.807, 2.05) is 13.2 Å². The number of nitrogens with two attached hydrogens (primary N) is 1. The molecule has 1 aliphatic rings. The molecule has 0 bridgehead atoms. The second kappa shape index (κ2) is 7.03. The van der Waals surface area contributed by atoms with Crippen LogP contribution in [0.5, 0.6) is 0 Å². The van der Waals surface area contributed by atoms with Crippen molar-refractivity contribution in [2.75, 3.05) is 7.11 Å². The Balaban J connectivity index is 2.16. The highest BCUT2D eigenvalue weighted by molar-refractivity contribution is 9.10. The fraction of sp³-hybridized carbons (Fsp3) is 0.625. The van der Waals surface area contributed by atoms with Gasteiger partial charge in [-0.1, -0.05) is 41.1 Å². The molecule has 1 saturated carbocycles. The lowest BCUT2D eigenvalue weighted by atomic mass is 9.74. The van der Waals surface area contributed by atoms with Crippen molar-refractivity contribution in [2.45, 2.75) is 50.7 Å². The Morgan fingerprint density at radius 2 is 2.05 bits per heavy atom. The molecular weight excluding hydrogens is 316 g/mol. The van der Waals surface area contributed by atoms with Crippen molar-refractivity contribution >= 4 is 15.9 Å². The highest BCUT2D eigenvalue weighted by Crippen LogP contribution is 2.38. The van der Waals surface area contributed by atoms with E-state index >= 15 is 0 Å². The summed E-state index contributed by atoms with van der Waals surface area (Å²) in [6, 6.07) is 8.45. The van der Waals surface area contributed by atoms with Crippen LogP contribution in [0.2, 0.25) is 0 Å². The van der Waals surface area contributed by atoms with E-state index in [2.05, 4.69) is 46.5 Å². The van der Waals surface area contributed by atoms with E-state index in [0.717, 1.165) is 29.7 Å². The number of halogens is 1. The summed E-state index contributed by atoms with van der Waals surface area (Å²) < 4.78 is 7.07. The molecule has 1 aromatic carbocycles. The zero-order valence-electron chi connectivity index (χ0n) is 12.4. The Morgan fingerprint density at radius 3 is 2.60 bits per heavy atom. The largest absolute Gasteiger partial charge is 0.377 e. The highest BCUT2D eigenvalue weighted by Gasteiger charge is 2.41. The van der Waals surface area contributed by atoms with Gasteiger partial charge in [-0.2, -0.15) is 0 Å². The maximum Gasteiger partial charge on any atom is 0.0847 e. The second-order valence-corrected chi connectivity index (χ2v) is 6.82. The topological polar surface area (TPSA) is 47.3 Å². The van der Waals surface area contributed by atoms with Gasteiger partial charge in [-0.15, -0.1) is 0 Å². The van der Waals surface area contributed by atoms with Crippen LogP contribution in [-0.4, -0.2) is 18.8 Å². The molecular formula is C16H25BrN2O. The molecule has 0 aliphatic heterocycles. The van der Waals surface area contributed by atoms with Crippen molar-refractivity contribution in [1.29, 1.82) is 0 Å². The molecule has 1 fully saturated rings. The minimum atomic E-state index is -0.142. The van der Waals surface area contributed by atoms with E-state index < -0.39 is 0 Å². The smallest absolute Gasteiger partial charge is 0.0847 e. The summed E-state index contributed by atoms with van der Waals surface area (Å²) in [6.45, 7) is 2.32. The normalized spacial score (nSPS) is 28.3. The number of rotatable bonds is 5. The van der Waals surface area contributed by atoms with Crippen molar-refractivity contribution in [3.63, 3.8) is 0 Å². The standard InChI is InChI=1S/C16H25BrN2O/c1-12-7-9-16(20-2,10-8-12)15(19-18)11-13-5-3-4-6-14(13)17/h3-6,12,15,19H,7-11,18H2,1-2H3. The summed E-state index contributed by atoms with van der Waals surface area (Å²) in [6.07, 6.45) is 5.44. The maximum absolute atomic E-state index is 5.93. The van der Waals surface area contributed by atoms with Crippen LogP contribution in [0.1, 0.15) is 38.2 Å². The molecule has 1 unspecified atom stereocenters. The first-order chi connectivity index (χ1) is 9.61. The minimum absolute atomic E-state index is 0.138. The second-order valence-electron chi connectivity index (χ2n) is 5.97. The first kappa shape index (κ1) is 16.0. The van der Waals surface area contributed by atoms with Gasteiger partial charge in [0.25, 0.3) is 0 Å². The van der Waals surface area contributed by atoms with Gasteiger partial charge < -0.3 is 4.74 Å². The lowest BCUT2D eigenvalue weighted by molar-refractivity contribution is -0.0746. The molecule has 112 valence electrons. The summed E-state index contributed by atoms with van der Waals surface area (Å²) in [5.74, 6) is 6.64. The molecule has 3 N–H and O–H groups in total. The van der Waals surface area contributed by atoms with Crippen LogP contribution < -0.4 is 11.3 Å². The van der Waals surface area contributed by atoms with E-state index in [1.165, 1.54) is 18.4 Å². The zero-order valence-corrected chi connectivity index (χ0v) is 13.9. The predicted molar refractivity (Wildman–Crippen MR) is 86.3 cm³/mol. The van der Waals surface area contributed by atoms with Crippen LogP contribution in [0.3, 0.4) is 0 Å². The Morgan fingerprint density at radius 1 is 1.40 bits per heavy atom. The molecule has 0 spiro atoms. The van der Waals surface area contributed by atoms with Gasteiger partial charge in [0.15, 0.2) is 0 Å². The number of hydrogen-bond acceptors (Lipinski definition) is 3. The van der Waals surface area contributed by atoms with Gasteiger partial charge in [0.05, 0.1) is 11.6 Å². The summed E-state index contributed by atoms with van der Waals surface area (Å²) >= 11 is 3.62. The zero-order chi connectivity index (χ0) is 14.6. The van der Waals surface area contributed by atoms with Crippen LogP contribution in [0, 0.1) is 5.92 Å². The van der Waals surface area contributed by atoms with E-state index in [0.29, 0.717) is 0 Å². The molecule has 0 aromatic heterocycles. The lowest BCUT2D eigenvalue weighted by Crippen LogP contribution is -2.57. The van der Waals surface area contributed by atoms with Crippen LogP contribution in [-0.2, 0) is 11.2 Å². The Labute approximate surface area is 130 Å². The van der Waals surface area contributed by atoms with Crippen molar-refractivity contribution in [1.82, 2.24) is 5.43 Å². The van der Waals surface area contributed by atoms with Crippen LogP contribution in [0.25, 0.3) is 0 Å². The molecule has 1 atom stereocenters. The molecule has 4 heteroatoms. The molecule has 0 saturated heterocycles. The van der Waals surface area contributed by atoms with Crippen molar-refractivity contribution in [2.24, 2.45) is 11.8 Å². The Hall–Kier alpha value is -0.420. The molecule has 1 aliphatic carbocycles. The van der Waals surface area contributed by atoms with Gasteiger partial charge in [-0.05, 0) is 49.7 Å². The van der Waals surface area contributed by atoms with Crippen LogP contribution in [0.4, 0.5) is 0 Å². The Kier molecular flexibility index (Phi) is 5.61. The number of hydrazine groups is 1. The van der Waals surface area contributed by atoms with Gasteiger partial charge >= 0.3 is 0 Å².